The van der Waals surface area contributed by atoms with E-state index in [0.29, 0.717) is 5.57 Å². The molecular weight excluding hydrogens is 174 g/mol. The summed E-state index contributed by atoms with van der Waals surface area (Å²) in [5.41, 5.74) is 1.46. The SMILES string of the molecule is O=C1N=CC=C2C1=CC=CC2Cl. The van der Waals surface area contributed by atoms with E-state index in [1.54, 1.807) is 18.2 Å². The molecule has 3 heteroatoms. The summed E-state index contributed by atoms with van der Waals surface area (Å²) in [4.78, 5) is 14.8. The summed E-state index contributed by atoms with van der Waals surface area (Å²) >= 11 is 5.95. The Bertz CT molecular complexity index is 350. The molecule has 0 aromatic heterocycles. The van der Waals surface area contributed by atoms with Gasteiger partial charge in [0.15, 0.2) is 0 Å². The summed E-state index contributed by atoms with van der Waals surface area (Å²) in [5.74, 6) is -0.206. The Morgan fingerprint density at radius 1 is 1.42 bits per heavy atom. The van der Waals surface area contributed by atoms with Crippen LogP contribution in [-0.4, -0.2) is 17.5 Å². The number of hydrogen-bond donors (Lipinski definition) is 0. The Morgan fingerprint density at radius 3 is 3.00 bits per heavy atom. The predicted molar refractivity (Wildman–Crippen MR) is 48.4 cm³/mol. The fourth-order valence-corrected chi connectivity index (χ4v) is 1.50. The summed E-state index contributed by atoms with van der Waals surface area (Å²) < 4.78 is 0. The molecule has 0 radical (unpaired) electrons. The second kappa shape index (κ2) is 2.72. The number of carbonyl (C=O) groups excluding carboxylic acids is 1. The molecule has 0 bridgehead atoms. The average Bonchev–Trinajstić information content (AvgIpc) is 2.07. The normalized spacial score (nSPS) is 26.4. The standard InChI is InChI=1S/C9H6ClNO/c10-8-3-1-2-7-6(8)4-5-11-9(7)12/h1-5,8H. The average molecular weight is 180 g/mol. The van der Waals surface area contributed by atoms with Gasteiger partial charge in [-0.15, -0.1) is 11.6 Å². The number of alkyl halides is 1. The maximum absolute atomic E-state index is 11.2. The topological polar surface area (TPSA) is 29.4 Å². The van der Waals surface area contributed by atoms with E-state index in [1.165, 1.54) is 6.21 Å². The fraction of sp³-hybridized carbons (Fsp3) is 0.111. The number of halogens is 1. The number of fused-ring (bicyclic) bond motifs is 1. The van der Waals surface area contributed by atoms with Gasteiger partial charge in [0.1, 0.15) is 0 Å². The zero-order chi connectivity index (χ0) is 8.55. The molecule has 0 saturated heterocycles. The summed E-state index contributed by atoms with van der Waals surface area (Å²) in [7, 11) is 0. The molecule has 12 heavy (non-hydrogen) atoms. The first kappa shape index (κ1) is 7.50. The highest BCUT2D eigenvalue weighted by atomic mass is 35.5. The highest BCUT2D eigenvalue weighted by Gasteiger charge is 2.22. The number of nitrogens with zero attached hydrogens (tertiary/aromatic N) is 1. The van der Waals surface area contributed by atoms with Gasteiger partial charge < -0.3 is 0 Å². The summed E-state index contributed by atoms with van der Waals surface area (Å²) in [6.07, 6.45) is 8.62. The first-order valence-electron chi connectivity index (χ1n) is 3.60. The Balaban J connectivity index is 2.50. The fourth-order valence-electron chi connectivity index (χ4n) is 1.23. The van der Waals surface area contributed by atoms with E-state index in [-0.39, 0.29) is 11.3 Å². The van der Waals surface area contributed by atoms with Crippen molar-refractivity contribution in [1.29, 1.82) is 0 Å². The van der Waals surface area contributed by atoms with Crippen molar-refractivity contribution >= 4 is 23.7 Å². The van der Waals surface area contributed by atoms with Crippen LogP contribution in [0.5, 0.6) is 0 Å². The molecule has 0 aromatic carbocycles. The van der Waals surface area contributed by atoms with E-state index < -0.39 is 0 Å². The number of amides is 1. The van der Waals surface area contributed by atoms with Gasteiger partial charge in [0.25, 0.3) is 5.91 Å². The summed E-state index contributed by atoms with van der Waals surface area (Å²) in [6.45, 7) is 0. The summed E-state index contributed by atoms with van der Waals surface area (Å²) in [5, 5.41) is -0.194. The minimum absolute atomic E-state index is 0.194. The molecule has 0 spiro atoms. The van der Waals surface area contributed by atoms with Crippen molar-refractivity contribution in [3.63, 3.8) is 0 Å². The van der Waals surface area contributed by atoms with Gasteiger partial charge in [0.05, 0.1) is 5.38 Å². The lowest BCUT2D eigenvalue weighted by Crippen LogP contribution is -2.15. The monoisotopic (exact) mass is 179 g/mol. The largest absolute Gasteiger partial charge is 0.277 e. The second-order valence-corrected chi connectivity index (χ2v) is 3.04. The third-order valence-corrected chi connectivity index (χ3v) is 2.21. The summed E-state index contributed by atoms with van der Waals surface area (Å²) in [6, 6.07) is 0. The van der Waals surface area contributed by atoms with Crippen LogP contribution in [0.25, 0.3) is 0 Å². The van der Waals surface area contributed by atoms with Crippen LogP contribution in [0.3, 0.4) is 0 Å². The minimum atomic E-state index is -0.206. The van der Waals surface area contributed by atoms with Crippen LogP contribution >= 0.6 is 11.6 Å². The number of rotatable bonds is 0. The van der Waals surface area contributed by atoms with Gasteiger partial charge in [0.2, 0.25) is 0 Å². The molecule has 2 nitrogen and oxygen atoms in total. The zero-order valence-corrected chi connectivity index (χ0v) is 6.95. The number of aliphatic imine (C=N–C) groups is 1. The van der Waals surface area contributed by atoms with Gasteiger partial charge in [-0.25, -0.2) is 4.99 Å². The van der Waals surface area contributed by atoms with Crippen molar-refractivity contribution in [1.82, 2.24) is 0 Å². The van der Waals surface area contributed by atoms with Gasteiger partial charge in [-0.2, -0.15) is 0 Å². The molecule has 0 fully saturated rings. The van der Waals surface area contributed by atoms with Crippen molar-refractivity contribution in [3.05, 3.63) is 35.5 Å². The first-order chi connectivity index (χ1) is 5.79. The van der Waals surface area contributed by atoms with E-state index >= 15 is 0 Å². The lowest BCUT2D eigenvalue weighted by Gasteiger charge is -2.16. The Labute approximate surface area is 74.9 Å². The molecule has 1 amide bonds. The lowest BCUT2D eigenvalue weighted by molar-refractivity contribution is -0.114. The molecule has 60 valence electrons. The molecular formula is C9H6ClNO. The van der Waals surface area contributed by atoms with Crippen LogP contribution < -0.4 is 0 Å². The van der Waals surface area contributed by atoms with Gasteiger partial charge in [-0.3, -0.25) is 4.79 Å². The van der Waals surface area contributed by atoms with Crippen LogP contribution in [0.15, 0.2) is 40.4 Å². The molecule has 0 N–H and O–H groups in total. The van der Waals surface area contributed by atoms with Gasteiger partial charge in [0, 0.05) is 11.8 Å². The molecule has 1 unspecified atom stereocenters. The molecule has 1 atom stereocenters. The van der Waals surface area contributed by atoms with Gasteiger partial charge in [-0.1, -0.05) is 12.2 Å². The predicted octanol–water partition coefficient (Wildman–Crippen LogP) is 1.63. The maximum atomic E-state index is 11.2. The maximum Gasteiger partial charge on any atom is 0.277 e. The Hall–Kier alpha value is -1.15. The molecule has 2 aliphatic rings. The third-order valence-electron chi connectivity index (χ3n) is 1.83. The van der Waals surface area contributed by atoms with Crippen molar-refractivity contribution < 1.29 is 4.79 Å². The molecule has 1 heterocycles. The van der Waals surface area contributed by atoms with Crippen molar-refractivity contribution in [2.45, 2.75) is 5.38 Å². The van der Waals surface area contributed by atoms with E-state index in [4.69, 9.17) is 11.6 Å². The number of hydrogen-bond acceptors (Lipinski definition) is 1. The van der Waals surface area contributed by atoms with Crippen LogP contribution in [0, 0.1) is 0 Å². The number of dihydropyridines is 1. The molecule has 1 aliphatic carbocycles. The van der Waals surface area contributed by atoms with E-state index in [0.717, 1.165) is 5.57 Å². The lowest BCUT2D eigenvalue weighted by atomic mass is 9.95. The quantitative estimate of drug-likeness (QED) is 0.520. The van der Waals surface area contributed by atoms with Crippen LogP contribution in [0.1, 0.15) is 0 Å². The Morgan fingerprint density at radius 2 is 2.25 bits per heavy atom. The number of allylic oxidation sites excluding steroid dienone is 4. The third kappa shape index (κ3) is 1.04. The number of carbonyl (C=O) groups is 1. The highest BCUT2D eigenvalue weighted by Crippen LogP contribution is 2.26. The van der Waals surface area contributed by atoms with Crippen LogP contribution in [0.4, 0.5) is 0 Å². The molecule has 0 aromatic rings. The van der Waals surface area contributed by atoms with Crippen LogP contribution in [-0.2, 0) is 4.79 Å². The van der Waals surface area contributed by atoms with Gasteiger partial charge in [-0.05, 0) is 17.7 Å². The van der Waals surface area contributed by atoms with Crippen molar-refractivity contribution in [3.8, 4) is 0 Å². The Kier molecular flexibility index (Phi) is 1.70. The zero-order valence-electron chi connectivity index (χ0n) is 6.20. The van der Waals surface area contributed by atoms with Crippen molar-refractivity contribution in [2.75, 3.05) is 0 Å². The minimum Gasteiger partial charge on any atom is -0.267 e. The smallest absolute Gasteiger partial charge is 0.267 e. The van der Waals surface area contributed by atoms with E-state index in [9.17, 15) is 4.79 Å². The van der Waals surface area contributed by atoms with E-state index in [2.05, 4.69) is 4.99 Å². The highest BCUT2D eigenvalue weighted by molar-refractivity contribution is 6.26. The van der Waals surface area contributed by atoms with Crippen molar-refractivity contribution in [2.24, 2.45) is 4.99 Å². The van der Waals surface area contributed by atoms with Gasteiger partial charge >= 0.3 is 0 Å². The first-order valence-corrected chi connectivity index (χ1v) is 4.04. The molecule has 0 saturated carbocycles. The molecule has 1 aliphatic heterocycles. The van der Waals surface area contributed by atoms with Crippen LogP contribution in [0.2, 0.25) is 0 Å². The second-order valence-electron chi connectivity index (χ2n) is 2.57. The molecule has 2 rings (SSSR count). The van der Waals surface area contributed by atoms with E-state index in [1.807, 2.05) is 6.08 Å².